The van der Waals surface area contributed by atoms with E-state index in [1.165, 1.54) is 0 Å². The van der Waals surface area contributed by atoms with Gasteiger partial charge in [-0.2, -0.15) is 0 Å². The second kappa shape index (κ2) is 6.66. The molecule has 0 bridgehead atoms. The fourth-order valence-corrected chi connectivity index (χ4v) is 2.46. The van der Waals surface area contributed by atoms with Gasteiger partial charge in [-0.05, 0) is 38.5 Å². The van der Waals surface area contributed by atoms with Crippen molar-refractivity contribution in [2.24, 2.45) is 0 Å². The van der Waals surface area contributed by atoms with E-state index in [1.54, 1.807) is 0 Å². The molecule has 1 aromatic carbocycles. The minimum Gasteiger partial charge on any atom is -0.454 e. The number of fused-ring (bicyclic) bond motifs is 1. The first-order chi connectivity index (χ1) is 9.85. The van der Waals surface area contributed by atoms with E-state index in [1.807, 2.05) is 32.9 Å². The normalized spacial score (nSPS) is 13.3. The van der Waals surface area contributed by atoms with Crippen molar-refractivity contribution >= 4 is 21.8 Å². The van der Waals surface area contributed by atoms with Gasteiger partial charge in [0.1, 0.15) is 0 Å². The Morgan fingerprint density at radius 3 is 2.62 bits per heavy atom. The molecule has 5 nitrogen and oxygen atoms in total. The smallest absolute Gasteiger partial charge is 0.231 e. The summed E-state index contributed by atoms with van der Waals surface area (Å²) in [5.41, 5.74) is 0.896. The Hall–Kier alpha value is -1.27. The molecule has 0 saturated heterocycles. The van der Waals surface area contributed by atoms with Crippen LogP contribution in [0, 0.1) is 0 Å². The summed E-state index contributed by atoms with van der Waals surface area (Å²) in [6.07, 6.45) is 0.458. The summed E-state index contributed by atoms with van der Waals surface area (Å²) in [6, 6.07) is 3.86. The van der Waals surface area contributed by atoms with E-state index in [-0.39, 0.29) is 18.2 Å². The predicted octanol–water partition coefficient (Wildman–Crippen LogP) is 2.57. The third kappa shape index (κ3) is 4.89. The number of carbonyl (C=O) groups excluding carboxylic acids is 1. The zero-order chi connectivity index (χ0) is 15.5. The Balaban J connectivity index is 1.78. The lowest BCUT2D eigenvalue weighted by Gasteiger charge is -2.20. The van der Waals surface area contributed by atoms with Gasteiger partial charge in [0, 0.05) is 29.5 Å². The standard InChI is InChI=1S/C15H21BrN2O3/c1-15(2,3)18-14(19)4-5-17-8-10-6-12-13(7-11(10)16)21-9-20-12/h6-7,17H,4-5,8-9H2,1-3H3,(H,18,19). The number of carbonyl (C=O) groups is 1. The van der Waals surface area contributed by atoms with E-state index in [4.69, 9.17) is 9.47 Å². The van der Waals surface area contributed by atoms with Gasteiger partial charge in [0.15, 0.2) is 11.5 Å². The van der Waals surface area contributed by atoms with Gasteiger partial charge in [-0.3, -0.25) is 4.79 Å². The summed E-state index contributed by atoms with van der Waals surface area (Å²) < 4.78 is 11.6. The molecule has 0 spiro atoms. The third-order valence-electron chi connectivity index (χ3n) is 2.90. The lowest BCUT2D eigenvalue weighted by molar-refractivity contribution is -0.122. The highest BCUT2D eigenvalue weighted by molar-refractivity contribution is 9.10. The number of nitrogens with one attached hydrogen (secondary N) is 2. The molecule has 0 atom stereocenters. The average molecular weight is 357 g/mol. The number of hydrogen-bond donors (Lipinski definition) is 2. The second-order valence-corrected chi connectivity index (χ2v) is 6.88. The Labute approximate surface area is 133 Å². The molecule has 0 radical (unpaired) electrons. The van der Waals surface area contributed by atoms with Crippen LogP contribution in [0.15, 0.2) is 16.6 Å². The van der Waals surface area contributed by atoms with E-state index in [0.717, 1.165) is 21.5 Å². The van der Waals surface area contributed by atoms with Crippen molar-refractivity contribution in [2.45, 2.75) is 39.3 Å². The molecule has 1 amide bonds. The maximum absolute atomic E-state index is 11.7. The largest absolute Gasteiger partial charge is 0.454 e. The van der Waals surface area contributed by atoms with Crippen molar-refractivity contribution < 1.29 is 14.3 Å². The fourth-order valence-electron chi connectivity index (χ4n) is 2.00. The maximum Gasteiger partial charge on any atom is 0.231 e. The van der Waals surface area contributed by atoms with Crippen molar-refractivity contribution in [3.63, 3.8) is 0 Å². The van der Waals surface area contributed by atoms with Gasteiger partial charge in [0.25, 0.3) is 0 Å². The van der Waals surface area contributed by atoms with Crippen LogP contribution in [0.2, 0.25) is 0 Å². The van der Waals surface area contributed by atoms with Gasteiger partial charge in [-0.1, -0.05) is 15.9 Å². The lowest BCUT2D eigenvalue weighted by Crippen LogP contribution is -2.41. The zero-order valence-corrected chi connectivity index (χ0v) is 14.2. The SMILES string of the molecule is CC(C)(C)NC(=O)CCNCc1cc2c(cc1Br)OCO2. The molecule has 0 aromatic heterocycles. The molecule has 116 valence electrons. The van der Waals surface area contributed by atoms with Crippen molar-refractivity contribution in [3.8, 4) is 11.5 Å². The molecule has 6 heteroatoms. The molecule has 0 unspecified atom stereocenters. The number of benzene rings is 1. The summed E-state index contributed by atoms with van der Waals surface area (Å²) in [6.45, 7) is 7.49. The summed E-state index contributed by atoms with van der Waals surface area (Å²) in [5, 5.41) is 6.20. The third-order valence-corrected chi connectivity index (χ3v) is 3.64. The van der Waals surface area contributed by atoms with Crippen molar-refractivity contribution in [1.82, 2.24) is 10.6 Å². The van der Waals surface area contributed by atoms with Crippen LogP contribution in [0.5, 0.6) is 11.5 Å². The highest BCUT2D eigenvalue weighted by Crippen LogP contribution is 2.36. The van der Waals surface area contributed by atoms with Crippen LogP contribution in [0.1, 0.15) is 32.8 Å². The van der Waals surface area contributed by atoms with Gasteiger partial charge in [-0.25, -0.2) is 0 Å². The van der Waals surface area contributed by atoms with E-state index in [9.17, 15) is 4.79 Å². The van der Waals surface area contributed by atoms with Crippen LogP contribution in [0.25, 0.3) is 0 Å². The first-order valence-electron chi connectivity index (χ1n) is 6.95. The summed E-state index contributed by atoms with van der Waals surface area (Å²) in [5.74, 6) is 1.58. The van der Waals surface area contributed by atoms with Crippen molar-refractivity contribution in [3.05, 3.63) is 22.2 Å². The van der Waals surface area contributed by atoms with Gasteiger partial charge in [0.2, 0.25) is 12.7 Å². The van der Waals surface area contributed by atoms with E-state index in [0.29, 0.717) is 19.5 Å². The Bertz CT molecular complexity index is 526. The molecule has 2 rings (SSSR count). The van der Waals surface area contributed by atoms with Gasteiger partial charge in [-0.15, -0.1) is 0 Å². The van der Waals surface area contributed by atoms with Gasteiger partial charge in [0.05, 0.1) is 0 Å². The molecule has 0 fully saturated rings. The number of halogens is 1. The Morgan fingerprint density at radius 2 is 1.95 bits per heavy atom. The first-order valence-corrected chi connectivity index (χ1v) is 7.74. The van der Waals surface area contributed by atoms with Crippen LogP contribution in [-0.2, 0) is 11.3 Å². The molecular weight excluding hydrogens is 336 g/mol. The molecule has 2 N–H and O–H groups in total. The highest BCUT2D eigenvalue weighted by atomic mass is 79.9. The number of ether oxygens (including phenoxy) is 2. The second-order valence-electron chi connectivity index (χ2n) is 6.02. The monoisotopic (exact) mass is 356 g/mol. The Kier molecular flexibility index (Phi) is 5.11. The van der Waals surface area contributed by atoms with E-state index >= 15 is 0 Å². The molecule has 1 aliphatic heterocycles. The molecule has 1 aliphatic rings. The molecule has 21 heavy (non-hydrogen) atoms. The summed E-state index contributed by atoms with van der Waals surface area (Å²) >= 11 is 3.52. The van der Waals surface area contributed by atoms with Crippen LogP contribution in [-0.4, -0.2) is 24.8 Å². The van der Waals surface area contributed by atoms with E-state index in [2.05, 4.69) is 26.6 Å². The molecular formula is C15H21BrN2O3. The van der Waals surface area contributed by atoms with Gasteiger partial charge < -0.3 is 20.1 Å². The average Bonchev–Trinajstić information content (AvgIpc) is 2.79. The minimum atomic E-state index is -0.183. The molecule has 1 heterocycles. The highest BCUT2D eigenvalue weighted by Gasteiger charge is 2.16. The van der Waals surface area contributed by atoms with Crippen LogP contribution < -0.4 is 20.1 Å². The predicted molar refractivity (Wildman–Crippen MR) is 84.5 cm³/mol. The molecule has 0 saturated carbocycles. The minimum absolute atomic E-state index is 0.0553. The van der Waals surface area contributed by atoms with Gasteiger partial charge >= 0.3 is 0 Å². The quantitative estimate of drug-likeness (QED) is 0.796. The van der Waals surface area contributed by atoms with Crippen molar-refractivity contribution in [1.29, 1.82) is 0 Å². The first kappa shape index (κ1) is 16.1. The zero-order valence-electron chi connectivity index (χ0n) is 12.6. The van der Waals surface area contributed by atoms with Crippen LogP contribution in [0.3, 0.4) is 0 Å². The number of hydrogen-bond acceptors (Lipinski definition) is 4. The summed E-state index contributed by atoms with van der Waals surface area (Å²) in [4.78, 5) is 11.7. The number of rotatable bonds is 5. The fraction of sp³-hybridized carbons (Fsp3) is 0.533. The molecule has 0 aliphatic carbocycles. The number of amides is 1. The molecule has 1 aromatic rings. The maximum atomic E-state index is 11.7. The van der Waals surface area contributed by atoms with E-state index < -0.39 is 0 Å². The Morgan fingerprint density at radius 1 is 1.29 bits per heavy atom. The lowest BCUT2D eigenvalue weighted by atomic mass is 10.1. The van der Waals surface area contributed by atoms with Crippen LogP contribution in [0.4, 0.5) is 0 Å². The topological polar surface area (TPSA) is 59.6 Å². The van der Waals surface area contributed by atoms with Crippen molar-refractivity contribution in [2.75, 3.05) is 13.3 Å². The summed E-state index contributed by atoms with van der Waals surface area (Å²) in [7, 11) is 0. The van der Waals surface area contributed by atoms with Crippen LogP contribution >= 0.6 is 15.9 Å².